The standard InChI is InChI=1S/C15H22N2O2/c1-2-17(11-12-6-5-9-16-10-12)15(19)13-7-3-4-8-14(13)18/h3-4,7-8,12,16,18H,2,5-6,9-11H2,1H3. The van der Waals surface area contributed by atoms with Gasteiger partial charge in [-0.3, -0.25) is 4.79 Å². The number of piperidine rings is 1. The highest BCUT2D eigenvalue weighted by atomic mass is 16.3. The molecule has 0 saturated carbocycles. The number of para-hydroxylation sites is 1. The Morgan fingerprint density at radius 3 is 2.89 bits per heavy atom. The topological polar surface area (TPSA) is 52.6 Å². The summed E-state index contributed by atoms with van der Waals surface area (Å²) in [4.78, 5) is 14.2. The summed E-state index contributed by atoms with van der Waals surface area (Å²) in [5.74, 6) is 0.502. The molecule has 1 heterocycles. The highest BCUT2D eigenvalue weighted by molar-refractivity contribution is 5.96. The van der Waals surface area contributed by atoms with E-state index < -0.39 is 0 Å². The van der Waals surface area contributed by atoms with Crippen LogP contribution in [0.5, 0.6) is 5.75 Å². The average Bonchev–Trinajstić information content (AvgIpc) is 2.46. The molecule has 104 valence electrons. The Balaban J connectivity index is 2.04. The van der Waals surface area contributed by atoms with Crippen molar-refractivity contribution in [3.8, 4) is 5.75 Å². The third kappa shape index (κ3) is 3.47. The van der Waals surface area contributed by atoms with Gasteiger partial charge in [-0.2, -0.15) is 0 Å². The molecule has 0 aromatic heterocycles. The van der Waals surface area contributed by atoms with E-state index in [1.807, 2.05) is 11.8 Å². The molecule has 0 spiro atoms. The maximum Gasteiger partial charge on any atom is 0.257 e. The minimum absolute atomic E-state index is 0.0627. The Morgan fingerprint density at radius 1 is 1.47 bits per heavy atom. The van der Waals surface area contributed by atoms with Crippen molar-refractivity contribution >= 4 is 5.91 Å². The number of hydrogen-bond acceptors (Lipinski definition) is 3. The molecule has 4 nitrogen and oxygen atoms in total. The molecule has 1 aliphatic rings. The second kappa shape index (κ2) is 6.57. The molecule has 1 aromatic carbocycles. The van der Waals surface area contributed by atoms with Crippen LogP contribution < -0.4 is 5.32 Å². The first-order valence-electron chi connectivity index (χ1n) is 7.00. The number of hydrogen-bond donors (Lipinski definition) is 2. The quantitative estimate of drug-likeness (QED) is 0.870. The van der Waals surface area contributed by atoms with Gasteiger partial charge in [-0.15, -0.1) is 0 Å². The van der Waals surface area contributed by atoms with Gasteiger partial charge in [0.15, 0.2) is 0 Å². The zero-order chi connectivity index (χ0) is 13.7. The van der Waals surface area contributed by atoms with Crippen molar-refractivity contribution < 1.29 is 9.90 Å². The van der Waals surface area contributed by atoms with E-state index in [4.69, 9.17) is 0 Å². The lowest BCUT2D eigenvalue weighted by atomic mass is 9.98. The molecule has 1 atom stereocenters. The molecule has 19 heavy (non-hydrogen) atoms. The lowest BCUT2D eigenvalue weighted by Gasteiger charge is -2.29. The van der Waals surface area contributed by atoms with E-state index in [-0.39, 0.29) is 11.7 Å². The van der Waals surface area contributed by atoms with Gasteiger partial charge in [-0.05, 0) is 50.9 Å². The Kier molecular flexibility index (Phi) is 4.80. The normalized spacial score (nSPS) is 19.1. The van der Waals surface area contributed by atoms with Crippen LogP contribution in [0, 0.1) is 5.92 Å². The number of phenols is 1. The van der Waals surface area contributed by atoms with E-state index in [9.17, 15) is 9.90 Å². The Morgan fingerprint density at radius 2 is 2.26 bits per heavy atom. The van der Waals surface area contributed by atoms with Crippen LogP contribution in [0.3, 0.4) is 0 Å². The van der Waals surface area contributed by atoms with Crippen LogP contribution in [0.1, 0.15) is 30.1 Å². The van der Waals surface area contributed by atoms with Crippen LogP contribution in [0.25, 0.3) is 0 Å². The molecular weight excluding hydrogens is 240 g/mol. The minimum Gasteiger partial charge on any atom is -0.507 e. The third-order valence-corrected chi connectivity index (χ3v) is 3.68. The van der Waals surface area contributed by atoms with E-state index in [0.29, 0.717) is 18.0 Å². The Hall–Kier alpha value is -1.55. The van der Waals surface area contributed by atoms with Gasteiger partial charge in [0.2, 0.25) is 0 Å². The highest BCUT2D eigenvalue weighted by Gasteiger charge is 2.22. The molecule has 1 amide bonds. The van der Waals surface area contributed by atoms with Gasteiger partial charge in [0.25, 0.3) is 5.91 Å². The fourth-order valence-electron chi connectivity index (χ4n) is 2.57. The molecule has 1 saturated heterocycles. The van der Waals surface area contributed by atoms with Crippen molar-refractivity contribution in [2.75, 3.05) is 26.2 Å². The van der Waals surface area contributed by atoms with Crippen molar-refractivity contribution in [2.45, 2.75) is 19.8 Å². The van der Waals surface area contributed by atoms with Crippen LogP contribution in [0.2, 0.25) is 0 Å². The number of carbonyl (C=O) groups excluding carboxylic acids is 1. The second-order valence-corrected chi connectivity index (χ2v) is 5.07. The summed E-state index contributed by atoms with van der Waals surface area (Å²) >= 11 is 0. The summed E-state index contributed by atoms with van der Waals surface area (Å²) in [6.45, 7) is 5.47. The number of phenolic OH excluding ortho intramolecular Hbond substituents is 1. The fourth-order valence-corrected chi connectivity index (χ4v) is 2.57. The number of nitrogens with zero attached hydrogens (tertiary/aromatic N) is 1. The lowest BCUT2D eigenvalue weighted by Crippen LogP contribution is -2.41. The monoisotopic (exact) mass is 262 g/mol. The van der Waals surface area contributed by atoms with Crippen LogP contribution in [0.15, 0.2) is 24.3 Å². The first kappa shape index (κ1) is 13.9. The zero-order valence-corrected chi connectivity index (χ0v) is 11.4. The van der Waals surface area contributed by atoms with Gasteiger partial charge in [-0.1, -0.05) is 12.1 Å². The summed E-state index contributed by atoms with van der Waals surface area (Å²) in [5.41, 5.74) is 0.396. The molecule has 2 rings (SSSR count). The maximum absolute atomic E-state index is 12.4. The predicted octanol–water partition coefficient (Wildman–Crippen LogP) is 1.85. The van der Waals surface area contributed by atoms with Crippen molar-refractivity contribution in [2.24, 2.45) is 5.92 Å². The highest BCUT2D eigenvalue weighted by Crippen LogP contribution is 2.19. The summed E-state index contributed by atoms with van der Waals surface area (Å²) in [6.07, 6.45) is 2.34. The number of amides is 1. The number of benzene rings is 1. The Bertz CT molecular complexity index is 428. The Labute approximate surface area is 114 Å². The van der Waals surface area contributed by atoms with E-state index >= 15 is 0 Å². The maximum atomic E-state index is 12.4. The summed E-state index contributed by atoms with van der Waals surface area (Å²) in [6, 6.07) is 6.75. The van der Waals surface area contributed by atoms with E-state index in [1.54, 1.807) is 24.3 Å². The number of nitrogens with one attached hydrogen (secondary N) is 1. The second-order valence-electron chi connectivity index (χ2n) is 5.07. The fraction of sp³-hybridized carbons (Fsp3) is 0.533. The third-order valence-electron chi connectivity index (χ3n) is 3.68. The van der Waals surface area contributed by atoms with E-state index in [1.165, 1.54) is 6.42 Å². The van der Waals surface area contributed by atoms with Crippen molar-refractivity contribution in [3.63, 3.8) is 0 Å². The lowest BCUT2D eigenvalue weighted by molar-refractivity contribution is 0.0726. The molecule has 1 unspecified atom stereocenters. The number of carbonyl (C=O) groups is 1. The van der Waals surface area contributed by atoms with Crippen molar-refractivity contribution in [1.29, 1.82) is 0 Å². The molecule has 1 aromatic rings. The summed E-state index contributed by atoms with van der Waals surface area (Å²) in [5, 5.41) is 13.1. The molecular formula is C15H22N2O2. The SMILES string of the molecule is CCN(CC1CCCNC1)C(=O)c1ccccc1O. The molecule has 1 aliphatic heterocycles. The van der Waals surface area contributed by atoms with Crippen LogP contribution >= 0.6 is 0 Å². The first-order valence-corrected chi connectivity index (χ1v) is 7.00. The number of aromatic hydroxyl groups is 1. The van der Waals surface area contributed by atoms with Crippen LogP contribution in [-0.4, -0.2) is 42.1 Å². The largest absolute Gasteiger partial charge is 0.507 e. The summed E-state index contributed by atoms with van der Waals surface area (Å²) < 4.78 is 0. The predicted molar refractivity (Wildman–Crippen MR) is 75.3 cm³/mol. The van der Waals surface area contributed by atoms with Gasteiger partial charge in [0, 0.05) is 13.1 Å². The van der Waals surface area contributed by atoms with Crippen molar-refractivity contribution in [1.82, 2.24) is 10.2 Å². The molecule has 4 heteroatoms. The molecule has 0 radical (unpaired) electrons. The first-order chi connectivity index (χ1) is 9.22. The van der Waals surface area contributed by atoms with Gasteiger partial charge in [0.1, 0.15) is 5.75 Å². The molecule has 0 aliphatic carbocycles. The average molecular weight is 262 g/mol. The smallest absolute Gasteiger partial charge is 0.257 e. The van der Waals surface area contributed by atoms with E-state index in [0.717, 1.165) is 26.1 Å². The number of rotatable bonds is 4. The van der Waals surface area contributed by atoms with Crippen LogP contribution in [-0.2, 0) is 0 Å². The zero-order valence-electron chi connectivity index (χ0n) is 11.4. The summed E-state index contributed by atoms with van der Waals surface area (Å²) in [7, 11) is 0. The molecule has 0 bridgehead atoms. The minimum atomic E-state index is -0.0776. The molecule has 1 fully saturated rings. The van der Waals surface area contributed by atoms with Gasteiger partial charge in [-0.25, -0.2) is 0 Å². The van der Waals surface area contributed by atoms with Crippen LogP contribution in [0.4, 0.5) is 0 Å². The van der Waals surface area contributed by atoms with Gasteiger partial charge >= 0.3 is 0 Å². The van der Waals surface area contributed by atoms with Crippen molar-refractivity contribution in [3.05, 3.63) is 29.8 Å². The van der Waals surface area contributed by atoms with Gasteiger partial charge in [0.05, 0.1) is 5.56 Å². The van der Waals surface area contributed by atoms with Gasteiger partial charge < -0.3 is 15.3 Å². The van der Waals surface area contributed by atoms with E-state index in [2.05, 4.69) is 5.32 Å². The molecule has 2 N–H and O–H groups in total.